The molecule has 1 aromatic heterocycles. The maximum absolute atomic E-state index is 2.52. The first-order valence-electron chi connectivity index (χ1n) is 18.0. The molecular weight excluding hydrogens is 603 g/mol. The van der Waals surface area contributed by atoms with Crippen LogP contribution in [0.4, 0.5) is 0 Å². The van der Waals surface area contributed by atoms with Crippen LogP contribution in [0.3, 0.4) is 0 Å². The van der Waals surface area contributed by atoms with E-state index in [-0.39, 0.29) is 10.8 Å². The molecule has 1 heterocycles. The zero-order valence-corrected chi connectivity index (χ0v) is 30.0. The molecule has 0 atom stereocenters. The molecule has 9 aromatic rings. The van der Waals surface area contributed by atoms with Gasteiger partial charge in [-0.2, -0.15) is 0 Å². The summed E-state index contributed by atoms with van der Waals surface area (Å²) in [6.07, 6.45) is 0. The summed E-state index contributed by atoms with van der Waals surface area (Å²) in [5.41, 5.74) is 15.8. The molecule has 50 heavy (non-hydrogen) atoms. The van der Waals surface area contributed by atoms with Crippen molar-refractivity contribution in [1.29, 1.82) is 0 Å². The summed E-state index contributed by atoms with van der Waals surface area (Å²) >= 11 is 0. The lowest BCUT2D eigenvalue weighted by Gasteiger charge is -2.25. The van der Waals surface area contributed by atoms with Crippen molar-refractivity contribution < 1.29 is 0 Å². The zero-order chi connectivity index (χ0) is 34.3. The van der Waals surface area contributed by atoms with Crippen LogP contribution in [0.5, 0.6) is 0 Å². The molecule has 1 aliphatic rings. The lowest BCUT2D eigenvalue weighted by Crippen LogP contribution is -2.15. The highest BCUT2D eigenvalue weighted by Crippen LogP contribution is 2.55. The van der Waals surface area contributed by atoms with Crippen molar-refractivity contribution in [3.05, 3.63) is 149 Å². The summed E-state index contributed by atoms with van der Waals surface area (Å²) in [4.78, 5) is 0. The Balaban J connectivity index is 1.28. The molecule has 0 amide bonds. The van der Waals surface area contributed by atoms with E-state index in [1.807, 2.05) is 0 Å². The van der Waals surface area contributed by atoms with Crippen LogP contribution >= 0.6 is 0 Å². The second kappa shape index (κ2) is 9.86. The first kappa shape index (κ1) is 29.5. The summed E-state index contributed by atoms with van der Waals surface area (Å²) in [5, 5.41) is 10.7. The Hall–Kier alpha value is -5.40. The van der Waals surface area contributed by atoms with Crippen molar-refractivity contribution in [2.75, 3.05) is 0 Å². The van der Waals surface area contributed by atoms with Gasteiger partial charge in [-0.25, -0.2) is 0 Å². The number of benzene rings is 8. The summed E-state index contributed by atoms with van der Waals surface area (Å²) in [6, 6.07) is 46.6. The molecule has 0 aliphatic heterocycles. The van der Waals surface area contributed by atoms with E-state index in [4.69, 9.17) is 0 Å². The second-order valence-electron chi connectivity index (χ2n) is 16.4. The molecule has 1 aliphatic carbocycles. The SMILES string of the molecule is Cc1cc(C)cc(-c2ccc3c(c2)C(C)(C)c2c-3cc3ccc4c5c(ccc2c35)cc2c3ccc(C(C)(C)C)cc3n(-c3ccccc3)c24)c1. The van der Waals surface area contributed by atoms with Crippen LogP contribution in [-0.4, -0.2) is 4.57 Å². The fourth-order valence-corrected chi connectivity index (χ4v) is 9.40. The molecular formula is C49H41N. The smallest absolute Gasteiger partial charge is 0.0620 e. The fourth-order valence-electron chi connectivity index (χ4n) is 9.40. The molecule has 0 fully saturated rings. The van der Waals surface area contributed by atoms with Crippen LogP contribution in [-0.2, 0) is 10.8 Å². The first-order chi connectivity index (χ1) is 24.0. The molecule has 8 aromatic carbocycles. The van der Waals surface area contributed by atoms with Gasteiger partial charge >= 0.3 is 0 Å². The molecule has 0 N–H and O–H groups in total. The van der Waals surface area contributed by atoms with E-state index >= 15 is 0 Å². The minimum absolute atomic E-state index is 0.0562. The van der Waals surface area contributed by atoms with Crippen molar-refractivity contribution in [2.24, 2.45) is 0 Å². The van der Waals surface area contributed by atoms with Crippen molar-refractivity contribution in [1.82, 2.24) is 4.57 Å². The third kappa shape index (κ3) is 3.95. The van der Waals surface area contributed by atoms with Gasteiger partial charge in [-0.05, 0) is 122 Å². The van der Waals surface area contributed by atoms with Gasteiger partial charge in [-0.15, -0.1) is 0 Å². The molecule has 1 nitrogen and oxygen atoms in total. The molecule has 0 bridgehead atoms. The molecule has 0 saturated carbocycles. The van der Waals surface area contributed by atoms with Crippen molar-refractivity contribution in [3.63, 3.8) is 0 Å². The van der Waals surface area contributed by atoms with Gasteiger partial charge < -0.3 is 4.57 Å². The zero-order valence-electron chi connectivity index (χ0n) is 30.0. The quantitative estimate of drug-likeness (QED) is 0.165. The Labute approximate surface area is 294 Å². The molecule has 1 heteroatoms. The number of hydrogen-bond acceptors (Lipinski definition) is 0. The topological polar surface area (TPSA) is 4.93 Å². The van der Waals surface area contributed by atoms with Gasteiger partial charge in [0.2, 0.25) is 0 Å². The van der Waals surface area contributed by atoms with Crippen LogP contribution in [0, 0.1) is 13.8 Å². The van der Waals surface area contributed by atoms with E-state index in [1.54, 1.807) is 0 Å². The molecule has 0 unspecified atom stereocenters. The lowest BCUT2D eigenvalue weighted by molar-refractivity contribution is 0.591. The number of para-hydroxylation sites is 1. The monoisotopic (exact) mass is 643 g/mol. The average Bonchev–Trinajstić information content (AvgIpc) is 3.54. The van der Waals surface area contributed by atoms with Crippen LogP contribution in [0.1, 0.15) is 62.4 Å². The van der Waals surface area contributed by atoms with Crippen LogP contribution < -0.4 is 0 Å². The summed E-state index contributed by atoms with van der Waals surface area (Å²) in [7, 11) is 0. The van der Waals surface area contributed by atoms with Gasteiger partial charge in [0.15, 0.2) is 0 Å². The molecule has 0 saturated heterocycles. The predicted molar refractivity (Wildman–Crippen MR) is 216 cm³/mol. The van der Waals surface area contributed by atoms with Crippen LogP contribution in [0.2, 0.25) is 0 Å². The fraction of sp³-hybridized carbons (Fsp3) is 0.184. The Kier molecular flexibility index (Phi) is 5.82. The number of aryl methyl sites for hydroxylation is 2. The summed E-state index contributed by atoms with van der Waals surface area (Å²) < 4.78 is 2.52. The Bertz CT molecular complexity index is 2850. The molecule has 10 rings (SSSR count). The Morgan fingerprint density at radius 1 is 0.540 bits per heavy atom. The van der Waals surface area contributed by atoms with Gasteiger partial charge in [0.1, 0.15) is 0 Å². The highest BCUT2D eigenvalue weighted by molar-refractivity contribution is 6.32. The Morgan fingerprint density at radius 3 is 1.96 bits per heavy atom. The number of nitrogens with zero attached hydrogens (tertiary/aromatic N) is 1. The molecule has 242 valence electrons. The van der Waals surface area contributed by atoms with E-state index in [9.17, 15) is 0 Å². The highest BCUT2D eigenvalue weighted by Gasteiger charge is 2.38. The van der Waals surface area contributed by atoms with Gasteiger partial charge in [0, 0.05) is 27.3 Å². The van der Waals surface area contributed by atoms with Crippen molar-refractivity contribution in [2.45, 2.75) is 59.3 Å². The van der Waals surface area contributed by atoms with E-state index in [2.05, 4.69) is 174 Å². The van der Waals surface area contributed by atoms with E-state index in [0.717, 1.165) is 0 Å². The lowest BCUT2D eigenvalue weighted by atomic mass is 9.78. The van der Waals surface area contributed by atoms with Crippen LogP contribution in [0.15, 0.2) is 121 Å². The first-order valence-corrected chi connectivity index (χ1v) is 18.0. The van der Waals surface area contributed by atoms with Gasteiger partial charge in [-0.1, -0.05) is 131 Å². The van der Waals surface area contributed by atoms with Crippen LogP contribution in [0.25, 0.3) is 82.1 Å². The summed E-state index contributed by atoms with van der Waals surface area (Å²) in [5.74, 6) is 0. The van der Waals surface area contributed by atoms with E-state index in [1.165, 1.54) is 110 Å². The number of rotatable bonds is 2. The average molecular weight is 644 g/mol. The largest absolute Gasteiger partial charge is 0.309 e. The number of aromatic nitrogens is 1. The molecule has 0 spiro atoms. The third-order valence-corrected chi connectivity index (χ3v) is 11.7. The van der Waals surface area contributed by atoms with E-state index in [0.29, 0.717) is 0 Å². The number of hydrogen-bond donors (Lipinski definition) is 0. The number of fused-ring (bicyclic) bond motifs is 8. The normalized spacial score (nSPS) is 14.1. The molecule has 0 radical (unpaired) electrons. The van der Waals surface area contributed by atoms with Gasteiger partial charge in [0.25, 0.3) is 0 Å². The van der Waals surface area contributed by atoms with E-state index < -0.39 is 0 Å². The van der Waals surface area contributed by atoms with Crippen molar-refractivity contribution >= 4 is 54.1 Å². The Morgan fingerprint density at radius 2 is 1.22 bits per heavy atom. The standard InChI is InChI=1S/C49H41N/c1-28-21-29(2)23-33(22-28)30-13-17-36-40-24-31-15-19-39-45-32(14-18-38(44(31)45)46(40)49(6,7)42(36)26-30)25-41-37-20-16-34(48(3,4)5)27-43(37)50(47(39)41)35-11-9-8-10-12-35/h8-27H,1-7H3. The van der Waals surface area contributed by atoms with Crippen molar-refractivity contribution in [3.8, 4) is 27.9 Å². The highest BCUT2D eigenvalue weighted by atomic mass is 15.0. The maximum atomic E-state index is 2.52. The minimum atomic E-state index is -0.139. The van der Waals surface area contributed by atoms with Gasteiger partial charge in [0.05, 0.1) is 11.0 Å². The summed E-state index contributed by atoms with van der Waals surface area (Å²) in [6.45, 7) is 16.2. The van der Waals surface area contributed by atoms with Gasteiger partial charge in [-0.3, -0.25) is 0 Å². The minimum Gasteiger partial charge on any atom is -0.309 e. The predicted octanol–water partition coefficient (Wildman–Crippen LogP) is 13.6. The maximum Gasteiger partial charge on any atom is 0.0620 e. The third-order valence-electron chi connectivity index (χ3n) is 11.7. The second-order valence-corrected chi connectivity index (χ2v) is 16.4.